The summed E-state index contributed by atoms with van der Waals surface area (Å²) in [5, 5.41) is 24.7. The molecular weight excluding hydrogens is 332 g/mol. The first-order valence-electron chi connectivity index (χ1n) is 7.06. The lowest BCUT2D eigenvalue weighted by molar-refractivity contribution is -0.384. The van der Waals surface area contributed by atoms with Gasteiger partial charge in [-0.1, -0.05) is 5.10 Å². The van der Waals surface area contributed by atoms with E-state index in [1.54, 1.807) is 0 Å². The van der Waals surface area contributed by atoms with Crippen LogP contribution < -0.4 is 5.32 Å². The number of nitrogens with zero attached hydrogens (tertiary/aromatic N) is 5. The highest BCUT2D eigenvalue weighted by Crippen LogP contribution is 2.35. The number of carbonyl (C=O) groups is 2. The molecule has 0 saturated heterocycles. The second-order valence-corrected chi connectivity index (χ2v) is 5.16. The normalized spacial score (nSPS) is 16.0. The summed E-state index contributed by atoms with van der Waals surface area (Å²) in [4.78, 5) is 34.6. The molecule has 0 amide bonds. The molecular formula is C14H12N6O5. The van der Waals surface area contributed by atoms with Crippen LogP contribution >= 0.6 is 0 Å². The van der Waals surface area contributed by atoms with Crippen molar-refractivity contribution in [1.82, 2.24) is 20.2 Å². The fourth-order valence-corrected chi connectivity index (χ4v) is 2.61. The minimum atomic E-state index is -0.821. The average Bonchev–Trinajstić information content (AvgIpc) is 3.07. The smallest absolute Gasteiger partial charge is 0.355 e. The zero-order valence-electron chi connectivity index (χ0n) is 13.2. The van der Waals surface area contributed by atoms with Crippen LogP contribution in [0.1, 0.15) is 18.5 Å². The van der Waals surface area contributed by atoms with E-state index in [0.717, 1.165) is 0 Å². The summed E-state index contributed by atoms with van der Waals surface area (Å²) in [6, 6.07) is 4.75. The number of esters is 1. The third-order valence-corrected chi connectivity index (χ3v) is 3.71. The Labute approximate surface area is 140 Å². The number of nitro groups is 1. The van der Waals surface area contributed by atoms with Gasteiger partial charge in [0.05, 0.1) is 17.6 Å². The molecule has 128 valence electrons. The van der Waals surface area contributed by atoms with Gasteiger partial charge in [-0.15, -0.1) is 0 Å². The molecule has 0 bridgehead atoms. The van der Waals surface area contributed by atoms with Gasteiger partial charge >= 0.3 is 5.97 Å². The Balaban J connectivity index is 2.20. The molecule has 1 aromatic carbocycles. The number of ether oxygens (including phenoxy) is 1. The third-order valence-electron chi connectivity index (χ3n) is 3.71. The van der Waals surface area contributed by atoms with E-state index < -0.39 is 22.7 Å². The van der Waals surface area contributed by atoms with Gasteiger partial charge in [0.15, 0.2) is 5.78 Å². The quantitative estimate of drug-likeness (QED) is 0.479. The number of hydrogen-bond donors (Lipinski definition) is 1. The van der Waals surface area contributed by atoms with Crippen LogP contribution in [0, 0.1) is 10.1 Å². The highest BCUT2D eigenvalue weighted by molar-refractivity contribution is 6.05. The van der Waals surface area contributed by atoms with Gasteiger partial charge in [0.2, 0.25) is 5.95 Å². The molecule has 11 heteroatoms. The number of nitro benzene ring substituents is 1. The second-order valence-electron chi connectivity index (χ2n) is 5.16. The van der Waals surface area contributed by atoms with Crippen LogP contribution in [0.2, 0.25) is 0 Å². The van der Waals surface area contributed by atoms with E-state index in [1.165, 1.54) is 43.0 Å². The first-order chi connectivity index (χ1) is 11.9. The number of rotatable bonds is 4. The molecule has 2 heterocycles. The molecule has 0 fully saturated rings. The lowest BCUT2D eigenvalue weighted by Crippen LogP contribution is -2.32. The Morgan fingerprint density at radius 1 is 1.32 bits per heavy atom. The largest absolute Gasteiger partial charge is 0.464 e. The zero-order valence-corrected chi connectivity index (χ0v) is 13.2. The number of Topliss-reactive ketones (excluding diaryl/α,β-unsaturated/α-hetero) is 1. The lowest BCUT2D eigenvalue weighted by Gasteiger charge is -2.27. The van der Waals surface area contributed by atoms with Crippen molar-refractivity contribution < 1.29 is 19.2 Å². The van der Waals surface area contributed by atoms with Crippen molar-refractivity contribution in [1.29, 1.82) is 0 Å². The van der Waals surface area contributed by atoms with E-state index in [2.05, 4.69) is 20.8 Å². The Kier molecular flexibility index (Phi) is 3.97. The minimum Gasteiger partial charge on any atom is -0.464 e. The van der Waals surface area contributed by atoms with Gasteiger partial charge < -0.3 is 10.1 Å². The van der Waals surface area contributed by atoms with E-state index in [1.807, 2.05) is 0 Å². The fourth-order valence-electron chi connectivity index (χ4n) is 2.61. The van der Waals surface area contributed by atoms with E-state index in [0.29, 0.717) is 5.56 Å². The predicted octanol–water partition coefficient (Wildman–Crippen LogP) is 0.612. The van der Waals surface area contributed by atoms with Gasteiger partial charge in [0.25, 0.3) is 5.69 Å². The summed E-state index contributed by atoms with van der Waals surface area (Å²) in [5.74, 6) is -0.988. The molecule has 1 aromatic heterocycles. The summed E-state index contributed by atoms with van der Waals surface area (Å²) in [6.45, 7) is 1.30. The molecule has 3 rings (SSSR count). The number of methoxy groups -OCH3 is 1. The van der Waals surface area contributed by atoms with Crippen molar-refractivity contribution >= 4 is 23.4 Å². The van der Waals surface area contributed by atoms with Gasteiger partial charge in [-0.3, -0.25) is 14.9 Å². The predicted molar refractivity (Wildman–Crippen MR) is 82.4 cm³/mol. The highest BCUT2D eigenvalue weighted by atomic mass is 16.6. The summed E-state index contributed by atoms with van der Waals surface area (Å²) in [6.07, 6.45) is 0. The Morgan fingerprint density at radius 2 is 2.00 bits per heavy atom. The number of aromatic nitrogens is 4. The average molecular weight is 344 g/mol. The topological polar surface area (TPSA) is 142 Å². The number of nitrogens with one attached hydrogen (secondary N) is 1. The molecule has 25 heavy (non-hydrogen) atoms. The van der Waals surface area contributed by atoms with E-state index >= 15 is 0 Å². The second kappa shape index (κ2) is 6.11. The molecule has 1 aliphatic rings. The number of benzene rings is 1. The molecule has 0 aliphatic carbocycles. The van der Waals surface area contributed by atoms with Crippen LogP contribution in [0.15, 0.2) is 35.5 Å². The van der Waals surface area contributed by atoms with Crippen LogP contribution in [-0.2, 0) is 14.3 Å². The monoisotopic (exact) mass is 344 g/mol. The van der Waals surface area contributed by atoms with E-state index in [4.69, 9.17) is 4.74 Å². The summed E-state index contributed by atoms with van der Waals surface area (Å²) >= 11 is 0. The number of fused-ring (bicyclic) bond motifs is 1. The highest BCUT2D eigenvalue weighted by Gasteiger charge is 2.36. The van der Waals surface area contributed by atoms with Gasteiger partial charge in [0, 0.05) is 12.1 Å². The van der Waals surface area contributed by atoms with Crippen LogP contribution in [-0.4, -0.2) is 44.0 Å². The molecule has 1 aliphatic heterocycles. The van der Waals surface area contributed by atoms with Gasteiger partial charge in [-0.25, -0.2) is 4.79 Å². The van der Waals surface area contributed by atoms with Crippen LogP contribution in [0.25, 0.3) is 0 Å². The number of hydrogen-bond acceptors (Lipinski definition) is 9. The molecule has 11 nitrogen and oxygen atoms in total. The van der Waals surface area contributed by atoms with Crippen LogP contribution in [0.4, 0.5) is 11.6 Å². The van der Waals surface area contributed by atoms with Gasteiger partial charge in [-0.2, -0.15) is 4.68 Å². The molecule has 1 N–H and O–H groups in total. The number of anilines is 1. The van der Waals surface area contributed by atoms with Crippen molar-refractivity contribution in [2.75, 3.05) is 12.4 Å². The van der Waals surface area contributed by atoms with Crippen molar-refractivity contribution in [2.45, 2.75) is 13.0 Å². The molecule has 0 unspecified atom stereocenters. The lowest BCUT2D eigenvalue weighted by atomic mass is 9.92. The summed E-state index contributed by atoms with van der Waals surface area (Å²) in [5.41, 5.74) is 0.435. The van der Waals surface area contributed by atoms with Crippen molar-refractivity contribution in [2.24, 2.45) is 0 Å². The van der Waals surface area contributed by atoms with Gasteiger partial charge in [0.1, 0.15) is 11.7 Å². The molecule has 0 spiro atoms. The molecule has 0 saturated carbocycles. The first kappa shape index (κ1) is 16.2. The maximum Gasteiger partial charge on any atom is 0.355 e. The standard InChI is InChI=1S/C14H12N6O5/c1-7(21)10-11(13(22)25-2)15-14-16-17-18-19(14)12(10)8-3-5-9(6-4-8)20(23)24/h3-6,12H,1-2H3,(H,15,16,18)/t12-/m1/s1. The first-order valence-corrected chi connectivity index (χ1v) is 7.06. The summed E-state index contributed by atoms with van der Waals surface area (Å²) in [7, 11) is 1.19. The number of ketones is 1. The molecule has 2 aromatic rings. The fraction of sp³-hybridized carbons (Fsp3) is 0.214. The SMILES string of the molecule is COC(=O)C1=C(C(C)=O)[C@@H](c2ccc([N+](=O)[O-])cc2)n2nnnc2N1. The van der Waals surface area contributed by atoms with Crippen LogP contribution in [0.5, 0.6) is 0 Å². The van der Waals surface area contributed by atoms with Crippen molar-refractivity contribution in [3.63, 3.8) is 0 Å². The van der Waals surface area contributed by atoms with Crippen molar-refractivity contribution in [3.05, 3.63) is 51.2 Å². The Bertz CT molecular complexity index is 901. The Hall–Kier alpha value is -3.63. The number of non-ortho nitro benzene ring substituents is 1. The number of tetrazole rings is 1. The van der Waals surface area contributed by atoms with Gasteiger partial charge in [-0.05, 0) is 35.0 Å². The minimum absolute atomic E-state index is 0.0688. The zero-order chi connectivity index (χ0) is 18.1. The maximum absolute atomic E-state index is 12.2. The van der Waals surface area contributed by atoms with E-state index in [-0.39, 0.29) is 22.9 Å². The van der Waals surface area contributed by atoms with Crippen molar-refractivity contribution in [3.8, 4) is 0 Å². The molecule has 0 radical (unpaired) electrons. The summed E-state index contributed by atoms with van der Waals surface area (Å²) < 4.78 is 6.04. The Morgan fingerprint density at radius 3 is 2.56 bits per heavy atom. The maximum atomic E-state index is 12.2. The molecule has 1 atom stereocenters. The number of carbonyl (C=O) groups excluding carboxylic acids is 2. The van der Waals surface area contributed by atoms with E-state index in [9.17, 15) is 19.7 Å². The third kappa shape index (κ3) is 2.71. The number of allylic oxidation sites excluding steroid dienone is 1. The van der Waals surface area contributed by atoms with Crippen LogP contribution in [0.3, 0.4) is 0 Å².